The van der Waals surface area contributed by atoms with Gasteiger partial charge in [0.15, 0.2) is 12.6 Å². The van der Waals surface area contributed by atoms with E-state index < -0.39 is 30.9 Å². The summed E-state index contributed by atoms with van der Waals surface area (Å²) in [6, 6.07) is 9.66. The maximum Gasteiger partial charge on any atom is 0.186 e. The minimum absolute atomic E-state index is 0.330. The van der Waals surface area contributed by atoms with Crippen LogP contribution in [0.3, 0.4) is 0 Å². The van der Waals surface area contributed by atoms with Crippen molar-refractivity contribution in [2.45, 2.75) is 37.0 Å². The van der Waals surface area contributed by atoms with E-state index in [0.717, 1.165) is 5.56 Å². The van der Waals surface area contributed by atoms with Crippen molar-refractivity contribution in [3.8, 4) is 0 Å². The second kappa shape index (κ2) is 6.39. The predicted molar refractivity (Wildman–Crippen MR) is 72.5 cm³/mol. The van der Waals surface area contributed by atoms with Crippen LogP contribution in [0.4, 0.5) is 0 Å². The van der Waals surface area contributed by atoms with Crippen molar-refractivity contribution in [1.29, 1.82) is 0 Å². The third-order valence-corrected chi connectivity index (χ3v) is 3.88. The summed E-state index contributed by atoms with van der Waals surface area (Å²) in [4.78, 5) is 0. The number of benzene rings is 1. The Labute approximate surface area is 123 Å². The quantitative estimate of drug-likeness (QED) is 0.892. The molecule has 0 spiro atoms. The zero-order valence-electron chi connectivity index (χ0n) is 12.0. The van der Waals surface area contributed by atoms with Gasteiger partial charge in [-0.15, -0.1) is 0 Å². The van der Waals surface area contributed by atoms with Crippen LogP contribution in [0.5, 0.6) is 0 Å². The van der Waals surface area contributed by atoms with Crippen molar-refractivity contribution < 1.29 is 28.8 Å². The molecule has 0 aliphatic carbocycles. The molecule has 2 aliphatic rings. The maximum absolute atomic E-state index is 10.2. The highest BCUT2D eigenvalue weighted by Crippen LogP contribution is 2.35. The zero-order valence-corrected chi connectivity index (χ0v) is 12.0. The highest BCUT2D eigenvalue weighted by Gasteiger charge is 2.49. The van der Waals surface area contributed by atoms with Gasteiger partial charge in [0.05, 0.1) is 6.61 Å². The summed E-state index contributed by atoms with van der Waals surface area (Å²) in [5.41, 5.74) is 0.925. The minimum atomic E-state index is -0.907. The number of fused-ring (bicyclic) bond motifs is 1. The van der Waals surface area contributed by atoms with Gasteiger partial charge in [0.25, 0.3) is 0 Å². The second-order valence-electron chi connectivity index (χ2n) is 5.15. The fourth-order valence-electron chi connectivity index (χ4n) is 2.81. The first-order chi connectivity index (χ1) is 10.2. The Morgan fingerprint density at radius 3 is 2.52 bits per heavy atom. The van der Waals surface area contributed by atoms with E-state index in [1.54, 1.807) is 7.11 Å². The van der Waals surface area contributed by atoms with Crippen molar-refractivity contribution in [2.24, 2.45) is 0 Å². The average Bonchev–Trinajstić information content (AvgIpc) is 2.54. The fraction of sp³-hybridized carbons (Fsp3) is 0.600. The van der Waals surface area contributed by atoms with Gasteiger partial charge < -0.3 is 28.8 Å². The number of hydrogen-bond donors (Lipinski definition) is 1. The van der Waals surface area contributed by atoms with Crippen molar-refractivity contribution in [3.63, 3.8) is 0 Å². The van der Waals surface area contributed by atoms with Crippen molar-refractivity contribution in [2.75, 3.05) is 20.8 Å². The van der Waals surface area contributed by atoms with Gasteiger partial charge in [-0.05, 0) is 0 Å². The molecule has 3 rings (SSSR count). The summed E-state index contributed by atoms with van der Waals surface area (Å²) >= 11 is 0. The number of ether oxygens (including phenoxy) is 5. The van der Waals surface area contributed by atoms with Crippen molar-refractivity contribution in [1.82, 2.24) is 0 Å². The van der Waals surface area contributed by atoms with Crippen LogP contribution in [0, 0.1) is 0 Å². The number of methoxy groups -OCH3 is 2. The highest BCUT2D eigenvalue weighted by atomic mass is 16.8. The molecule has 0 bridgehead atoms. The Morgan fingerprint density at radius 2 is 1.86 bits per heavy atom. The first-order valence-corrected chi connectivity index (χ1v) is 6.95. The molecule has 0 radical (unpaired) electrons. The monoisotopic (exact) mass is 296 g/mol. The van der Waals surface area contributed by atoms with Crippen LogP contribution in [-0.4, -0.2) is 56.6 Å². The Balaban J connectivity index is 1.77. The van der Waals surface area contributed by atoms with Crippen LogP contribution < -0.4 is 0 Å². The lowest BCUT2D eigenvalue weighted by molar-refractivity contribution is -0.360. The number of hydrogen-bond acceptors (Lipinski definition) is 6. The third kappa shape index (κ3) is 2.83. The van der Waals surface area contributed by atoms with E-state index >= 15 is 0 Å². The Kier molecular flexibility index (Phi) is 4.54. The van der Waals surface area contributed by atoms with Gasteiger partial charge in [-0.3, -0.25) is 0 Å². The molecule has 2 aliphatic heterocycles. The summed E-state index contributed by atoms with van der Waals surface area (Å²) in [6.45, 7) is 0.358. The molecule has 1 aromatic rings. The minimum Gasteiger partial charge on any atom is -0.385 e. The molecule has 2 heterocycles. The van der Waals surface area contributed by atoms with Crippen LogP contribution in [-0.2, 0) is 23.7 Å². The number of aliphatic hydroxyl groups is 1. The SMILES string of the molecule is CO[C@@H]1O[C@@H]2CO[C@H](c3ccccc3)O[C@H]2[C@H](OC)[C@@H]1O. The molecule has 1 N–H and O–H groups in total. The summed E-state index contributed by atoms with van der Waals surface area (Å²) in [6.07, 6.45) is -3.39. The van der Waals surface area contributed by atoms with E-state index in [9.17, 15) is 5.11 Å². The molecule has 6 heteroatoms. The van der Waals surface area contributed by atoms with E-state index in [2.05, 4.69) is 0 Å². The van der Waals surface area contributed by atoms with E-state index in [0.29, 0.717) is 6.61 Å². The van der Waals surface area contributed by atoms with Gasteiger partial charge in [0, 0.05) is 19.8 Å². The topological polar surface area (TPSA) is 66.4 Å². The molecule has 116 valence electrons. The third-order valence-electron chi connectivity index (χ3n) is 3.88. The van der Waals surface area contributed by atoms with Crippen LogP contribution in [0.1, 0.15) is 11.9 Å². The smallest absolute Gasteiger partial charge is 0.186 e. The largest absolute Gasteiger partial charge is 0.385 e. The van der Waals surface area contributed by atoms with Gasteiger partial charge in [0.1, 0.15) is 24.4 Å². The molecule has 0 saturated carbocycles. The van der Waals surface area contributed by atoms with E-state index in [-0.39, 0.29) is 6.10 Å². The van der Waals surface area contributed by atoms with Gasteiger partial charge in [-0.2, -0.15) is 0 Å². The van der Waals surface area contributed by atoms with Crippen LogP contribution in [0.2, 0.25) is 0 Å². The van der Waals surface area contributed by atoms with Crippen LogP contribution in [0.15, 0.2) is 30.3 Å². The molecule has 0 amide bonds. The standard InChI is InChI=1S/C15H20O6/c1-17-13-11(16)15(18-2)20-10-8-19-14(21-12(10)13)9-6-4-3-5-7-9/h3-7,10-16H,8H2,1-2H3/t10-,11+,12-,13-,14+,15-/m1/s1. The van der Waals surface area contributed by atoms with Gasteiger partial charge in [-0.1, -0.05) is 30.3 Å². The Morgan fingerprint density at radius 1 is 1.10 bits per heavy atom. The van der Waals surface area contributed by atoms with Crippen molar-refractivity contribution in [3.05, 3.63) is 35.9 Å². The normalized spacial score (nSPS) is 39.8. The molecule has 2 saturated heterocycles. The molecule has 6 nitrogen and oxygen atoms in total. The molecule has 21 heavy (non-hydrogen) atoms. The lowest BCUT2D eigenvalue weighted by Gasteiger charge is -2.47. The number of aliphatic hydroxyl groups excluding tert-OH is 1. The first kappa shape index (κ1) is 14.9. The van der Waals surface area contributed by atoms with E-state index in [4.69, 9.17) is 23.7 Å². The van der Waals surface area contributed by atoms with Gasteiger partial charge in [0.2, 0.25) is 0 Å². The van der Waals surface area contributed by atoms with Crippen LogP contribution in [0.25, 0.3) is 0 Å². The van der Waals surface area contributed by atoms with Crippen LogP contribution >= 0.6 is 0 Å². The predicted octanol–water partition coefficient (Wildman–Crippen LogP) is 0.848. The summed E-state index contributed by atoms with van der Waals surface area (Å²) in [5, 5.41) is 10.2. The molecule has 2 fully saturated rings. The van der Waals surface area contributed by atoms with Gasteiger partial charge >= 0.3 is 0 Å². The highest BCUT2D eigenvalue weighted by molar-refractivity contribution is 5.16. The fourth-order valence-corrected chi connectivity index (χ4v) is 2.81. The average molecular weight is 296 g/mol. The lowest BCUT2D eigenvalue weighted by Crippen LogP contribution is -2.62. The molecule has 0 unspecified atom stereocenters. The second-order valence-corrected chi connectivity index (χ2v) is 5.15. The van der Waals surface area contributed by atoms with Gasteiger partial charge in [-0.25, -0.2) is 0 Å². The first-order valence-electron chi connectivity index (χ1n) is 6.95. The lowest BCUT2D eigenvalue weighted by atomic mass is 9.97. The number of rotatable bonds is 3. The zero-order chi connectivity index (χ0) is 14.8. The molecule has 0 aromatic heterocycles. The molecule has 6 atom stereocenters. The Bertz CT molecular complexity index is 453. The summed E-state index contributed by atoms with van der Waals surface area (Å²) < 4.78 is 27.9. The van der Waals surface area contributed by atoms with E-state index in [1.807, 2.05) is 30.3 Å². The maximum atomic E-state index is 10.2. The van der Waals surface area contributed by atoms with E-state index in [1.165, 1.54) is 7.11 Å². The molecular formula is C15H20O6. The summed E-state index contributed by atoms with van der Waals surface area (Å²) in [7, 11) is 3.03. The Hall–Kier alpha value is -1.02. The summed E-state index contributed by atoms with van der Waals surface area (Å²) in [5.74, 6) is 0. The molecule has 1 aromatic carbocycles. The molecular weight excluding hydrogens is 276 g/mol. The van der Waals surface area contributed by atoms with Crippen molar-refractivity contribution >= 4 is 0 Å².